The highest BCUT2D eigenvalue weighted by Crippen LogP contribution is 2.33. The number of phenols is 1. The Balaban J connectivity index is 2.54. The van der Waals surface area contributed by atoms with Crippen molar-refractivity contribution in [3.63, 3.8) is 0 Å². The molecule has 0 fully saturated rings. The molecule has 20 heavy (non-hydrogen) atoms. The van der Waals surface area contributed by atoms with Crippen molar-refractivity contribution in [3.05, 3.63) is 57.1 Å². The molecule has 0 radical (unpaired) electrons. The van der Waals surface area contributed by atoms with E-state index in [0.717, 1.165) is 0 Å². The van der Waals surface area contributed by atoms with Gasteiger partial charge in [0.25, 0.3) is 11.6 Å². The summed E-state index contributed by atoms with van der Waals surface area (Å²) in [6.07, 6.45) is 0. The van der Waals surface area contributed by atoms with Crippen LogP contribution in [0.5, 0.6) is 5.75 Å². The summed E-state index contributed by atoms with van der Waals surface area (Å²) in [6.45, 7) is 0. The number of hydrogen-bond acceptors (Lipinski definition) is 4. The van der Waals surface area contributed by atoms with E-state index in [0.29, 0.717) is 11.1 Å². The number of nitrogens with zero attached hydrogens (tertiary/aromatic N) is 1. The Morgan fingerprint density at radius 3 is 2.50 bits per heavy atom. The molecule has 1 amide bonds. The molecule has 0 bridgehead atoms. The van der Waals surface area contributed by atoms with E-state index in [1.165, 1.54) is 36.4 Å². The number of rotatable bonds is 3. The zero-order valence-corrected chi connectivity index (χ0v) is 10.8. The lowest BCUT2D eigenvalue weighted by Gasteiger charge is -2.07. The van der Waals surface area contributed by atoms with Crippen LogP contribution in [-0.2, 0) is 0 Å². The summed E-state index contributed by atoms with van der Waals surface area (Å²) in [5, 5.41) is 20.3. The second-order valence-corrected chi connectivity index (χ2v) is 4.42. The monoisotopic (exact) mass is 292 g/mol. The molecule has 0 unspecified atom stereocenters. The van der Waals surface area contributed by atoms with Gasteiger partial charge < -0.3 is 10.8 Å². The average Bonchev–Trinajstić information content (AvgIpc) is 2.39. The Kier molecular flexibility index (Phi) is 3.58. The molecule has 0 aliphatic heterocycles. The Labute approximate surface area is 118 Å². The Hall–Kier alpha value is -2.60. The summed E-state index contributed by atoms with van der Waals surface area (Å²) >= 11 is 6.00. The Bertz CT molecular complexity index is 716. The number of aromatic hydroxyl groups is 1. The van der Waals surface area contributed by atoms with E-state index in [-0.39, 0.29) is 22.0 Å². The number of nitrogens with two attached hydrogens (primary N) is 1. The van der Waals surface area contributed by atoms with Crippen LogP contribution in [0.2, 0.25) is 5.02 Å². The van der Waals surface area contributed by atoms with Gasteiger partial charge in [0.2, 0.25) is 0 Å². The van der Waals surface area contributed by atoms with Gasteiger partial charge in [0.15, 0.2) is 0 Å². The Morgan fingerprint density at radius 2 is 1.95 bits per heavy atom. The summed E-state index contributed by atoms with van der Waals surface area (Å²) in [6, 6.07) is 8.22. The van der Waals surface area contributed by atoms with Gasteiger partial charge in [-0.25, -0.2) is 0 Å². The normalized spacial score (nSPS) is 10.2. The van der Waals surface area contributed by atoms with E-state index < -0.39 is 10.8 Å². The highest BCUT2D eigenvalue weighted by atomic mass is 35.5. The van der Waals surface area contributed by atoms with Crippen LogP contribution in [0.15, 0.2) is 36.4 Å². The van der Waals surface area contributed by atoms with Gasteiger partial charge in [-0.1, -0.05) is 17.7 Å². The summed E-state index contributed by atoms with van der Waals surface area (Å²) in [4.78, 5) is 21.3. The topological polar surface area (TPSA) is 106 Å². The summed E-state index contributed by atoms with van der Waals surface area (Å²) in [7, 11) is 0. The zero-order valence-electron chi connectivity index (χ0n) is 10.0. The molecule has 0 saturated heterocycles. The minimum Gasteiger partial charge on any atom is -0.507 e. The van der Waals surface area contributed by atoms with E-state index >= 15 is 0 Å². The number of primary amides is 1. The molecule has 3 N–H and O–H groups in total. The number of non-ortho nitro benzene ring substituents is 1. The van der Waals surface area contributed by atoms with Crippen LogP contribution in [0, 0.1) is 10.1 Å². The van der Waals surface area contributed by atoms with Crippen molar-refractivity contribution >= 4 is 23.2 Å². The van der Waals surface area contributed by atoms with E-state index in [1.807, 2.05) is 0 Å². The smallest absolute Gasteiger partial charge is 0.270 e. The highest BCUT2D eigenvalue weighted by Gasteiger charge is 2.14. The molecule has 0 spiro atoms. The third-order valence-corrected chi connectivity index (χ3v) is 3.05. The van der Waals surface area contributed by atoms with Crippen LogP contribution in [-0.4, -0.2) is 15.9 Å². The summed E-state index contributed by atoms with van der Waals surface area (Å²) in [5.74, 6) is -1.01. The van der Waals surface area contributed by atoms with Gasteiger partial charge in [0, 0.05) is 17.7 Å². The van der Waals surface area contributed by atoms with Crippen LogP contribution in [0.4, 0.5) is 5.69 Å². The average molecular weight is 293 g/mol. The summed E-state index contributed by atoms with van der Waals surface area (Å²) < 4.78 is 0. The first-order valence-corrected chi connectivity index (χ1v) is 5.85. The fraction of sp³-hybridized carbons (Fsp3) is 0. The van der Waals surface area contributed by atoms with Crippen molar-refractivity contribution in [1.29, 1.82) is 0 Å². The molecule has 0 heterocycles. The number of amides is 1. The van der Waals surface area contributed by atoms with Crippen molar-refractivity contribution in [2.24, 2.45) is 5.73 Å². The van der Waals surface area contributed by atoms with Crippen LogP contribution in [0.25, 0.3) is 11.1 Å². The van der Waals surface area contributed by atoms with Crippen LogP contribution in [0.1, 0.15) is 10.4 Å². The second kappa shape index (κ2) is 5.18. The summed E-state index contributed by atoms with van der Waals surface area (Å²) in [5.41, 5.74) is 5.99. The lowest BCUT2D eigenvalue weighted by Crippen LogP contribution is -2.11. The largest absolute Gasteiger partial charge is 0.507 e. The minimum atomic E-state index is -0.776. The zero-order chi connectivity index (χ0) is 14.9. The highest BCUT2D eigenvalue weighted by molar-refractivity contribution is 6.33. The molecule has 0 aliphatic rings. The van der Waals surface area contributed by atoms with Crippen LogP contribution < -0.4 is 5.73 Å². The molecular weight excluding hydrogens is 284 g/mol. The molecule has 2 aromatic rings. The predicted molar refractivity (Wildman–Crippen MR) is 73.7 cm³/mol. The van der Waals surface area contributed by atoms with E-state index in [1.54, 1.807) is 0 Å². The number of nitro benzene ring substituents is 1. The number of hydrogen-bond donors (Lipinski definition) is 2. The number of halogens is 1. The van der Waals surface area contributed by atoms with E-state index in [9.17, 15) is 20.0 Å². The number of benzene rings is 2. The number of carbonyl (C=O) groups excluding carboxylic acids is 1. The minimum absolute atomic E-state index is 0.0445. The molecular formula is C13H9ClN2O4. The standard InChI is InChI=1S/C13H9ClN2O4/c14-11-6-8(16(19)20)2-3-9(11)7-1-4-12(17)10(5-7)13(15)18/h1-6,17H,(H2,15,18). The first-order chi connectivity index (χ1) is 9.40. The van der Waals surface area contributed by atoms with Gasteiger partial charge in [-0.15, -0.1) is 0 Å². The molecule has 2 rings (SSSR count). The maximum absolute atomic E-state index is 11.2. The van der Waals surface area contributed by atoms with Gasteiger partial charge in [-0.2, -0.15) is 0 Å². The number of nitro groups is 1. The van der Waals surface area contributed by atoms with Crippen molar-refractivity contribution in [3.8, 4) is 16.9 Å². The molecule has 6 nitrogen and oxygen atoms in total. The fourth-order valence-corrected chi connectivity index (χ4v) is 2.04. The van der Waals surface area contributed by atoms with Crippen molar-refractivity contribution < 1.29 is 14.8 Å². The van der Waals surface area contributed by atoms with E-state index in [2.05, 4.69) is 0 Å². The van der Waals surface area contributed by atoms with Gasteiger partial charge in [-0.3, -0.25) is 14.9 Å². The molecule has 0 aromatic heterocycles. The van der Waals surface area contributed by atoms with Crippen molar-refractivity contribution in [2.45, 2.75) is 0 Å². The lowest BCUT2D eigenvalue weighted by atomic mass is 10.0. The lowest BCUT2D eigenvalue weighted by molar-refractivity contribution is -0.384. The maximum atomic E-state index is 11.2. The molecule has 2 aromatic carbocycles. The van der Waals surface area contributed by atoms with E-state index in [4.69, 9.17) is 17.3 Å². The quantitative estimate of drug-likeness (QED) is 0.670. The first-order valence-electron chi connectivity index (χ1n) is 5.47. The van der Waals surface area contributed by atoms with Crippen molar-refractivity contribution in [1.82, 2.24) is 0 Å². The molecule has 0 atom stereocenters. The predicted octanol–water partition coefficient (Wildman–Crippen LogP) is 2.72. The molecule has 0 aliphatic carbocycles. The van der Waals surface area contributed by atoms with Gasteiger partial charge >= 0.3 is 0 Å². The Morgan fingerprint density at radius 1 is 1.25 bits per heavy atom. The fourth-order valence-electron chi connectivity index (χ4n) is 1.75. The third-order valence-electron chi connectivity index (χ3n) is 2.74. The molecule has 7 heteroatoms. The second-order valence-electron chi connectivity index (χ2n) is 4.02. The molecule has 102 valence electrons. The third kappa shape index (κ3) is 2.55. The maximum Gasteiger partial charge on any atom is 0.270 e. The SMILES string of the molecule is NC(=O)c1cc(-c2ccc([N+](=O)[O-])cc2Cl)ccc1O. The first kappa shape index (κ1) is 13.8. The number of carbonyl (C=O) groups is 1. The van der Waals surface area contributed by atoms with Gasteiger partial charge in [0.1, 0.15) is 5.75 Å². The van der Waals surface area contributed by atoms with Gasteiger partial charge in [0.05, 0.1) is 15.5 Å². The van der Waals surface area contributed by atoms with Crippen molar-refractivity contribution in [2.75, 3.05) is 0 Å². The molecule has 0 saturated carbocycles. The van der Waals surface area contributed by atoms with Crippen LogP contribution >= 0.6 is 11.6 Å². The van der Waals surface area contributed by atoms with Crippen LogP contribution in [0.3, 0.4) is 0 Å². The van der Waals surface area contributed by atoms with Gasteiger partial charge in [-0.05, 0) is 23.8 Å².